The number of hydrogen-bond donors (Lipinski definition) is 0. The Balaban J connectivity index is 0.953. The van der Waals surface area contributed by atoms with Gasteiger partial charge in [-0.05, 0) is 71.8 Å². The highest BCUT2D eigenvalue weighted by Gasteiger charge is 2.24. The normalized spacial score (nSPS) is 11.8. The molecule has 6 heteroatoms. The number of para-hydroxylation sites is 5. The highest BCUT2D eigenvalue weighted by atomic mass is 16.3. The number of hydrogen-bond acceptors (Lipinski definition) is 3. The van der Waals surface area contributed by atoms with Gasteiger partial charge in [0, 0.05) is 49.2 Å². The van der Waals surface area contributed by atoms with E-state index >= 15 is 0 Å². The van der Waals surface area contributed by atoms with Crippen LogP contribution in [0.2, 0.25) is 0 Å². The molecule has 6 nitrogen and oxygen atoms in total. The minimum absolute atomic E-state index is 0.787. The second-order valence-corrected chi connectivity index (χ2v) is 17.3. The van der Waals surface area contributed by atoms with E-state index in [1.807, 2.05) is 18.2 Å². The molecule has 14 rings (SSSR count). The van der Waals surface area contributed by atoms with E-state index in [4.69, 9.17) is 14.6 Å². The van der Waals surface area contributed by atoms with Crippen LogP contribution in [0.5, 0.6) is 0 Å². The molecule has 0 aliphatic carbocycles. The van der Waals surface area contributed by atoms with Gasteiger partial charge in [-0.25, -0.2) is 0 Å². The van der Waals surface area contributed by atoms with E-state index in [1.165, 1.54) is 0 Å². The highest BCUT2D eigenvalue weighted by Crippen LogP contribution is 2.44. The fourth-order valence-electron chi connectivity index (χ4n) is 10.7. The number of benzene rings is 10. The Hall–Kier alpha value is -9.26. The highest BCUT2D eigenvalue weighted by molar-refractivity contribution is 6.24. The zero-order chi connectivity index (χ0) is 44.7. The van der Waals surface area contributed by atoms with Gasteiger partial charge in [0.25, 0.3) is 0 Å². The molecule has 0 fully saturated rings. The predicted octanol–water partition coefficient (Wildman–Crippen LogP) is 16.0. The van der Waals surface area contributed by atoms with Crippen molar-refractivity contribution in [3.05, 3.63) is 237 Å². The molecule has 0 atom stereocenters. The van der Waals surface area contributed by atoms with E-state index in [0.717, 1.165) is 128 Å². The monoisotopic (exact) mass is 869 g/mol. The van der Waals surface area contributed by atoms with E-state index in [-0.39, 0.29) is 0 Å². The van der Waals surface area contributed by atoms with Gasteiger partial charge in [0.05, 0.1) is 44.5 Å². The van der Waals surface area contributed by atoms with Gasteiger partial charge >= 0.3 is 0 Å². The SMILES string of the molecule is c1ccc(-c2nnc(-c3ccccc3)n2-c2cccc3c2c2ccccc2n3-c2ccccc2-c2cccc(-c3ccccc3-n3c4ccccc4c4c5oc6ccccc6c5ccc43)c2)cc1. The zero-order valence-corrected chi connectivity index (χ0v) is 36.7. The van der Waals surface area contributed by atoms with Crippen LogP contribution in [0.1, 0.15) is 0 Å². The maximum Gasteiger partial charge on any atom is 0.168 e. The Morgan fingerprint density at radius 3 is 1.38 bits per heavy atom. The summed E-state index contributed by atoms with van der Waals surface area (Å²) in [7, 11) is 0. The van der Waals surface area contributed by atoms with Crippen molar-refractivity contribution in [2.75, 3.05) is 0 Å². The maximum absolute atomic E-state index is 6.65. The molecule has 0 amide bonds. The van der Waals surface area contributed by atoms with Crippen molar-refractivity contribution in [1.29, 1.82) is 0 Å². The van der Waals surface area contributed by atoms with Crippen molar-refractivity contribution in [2.45, 2.75) is 0 Å². The molecule has 318 valence electrons. The smallest absolute Gasteiger partial charge is 0.168 e. The van der Waals surface area contributed by atoms with Crippen LogP contribution >= 0.6 is 0 Å². The number of nitrogens with zero attached hydrogens (tertiary/aromatic N) is 5. The summed E-state index contributed by atoms with van der Waals surface area (Å²) in [6, 6.07) is 84.0. The van der Waals surface area contributed by atoms with Crippen molar-refractivity contribution < 1.29 is 4.42 Å². The molecule has 0 aliphatic rings. The van der Waals surface area contributed by atoms with Crippen LogP contribution in [-0.2, 0) is 0 Å². The molecule has 0 N–H and O–H groups in total. The molecule has 14 aromatic rings. The van der Waals surface area contributed by atoms with Crippen molar-refractivity contribution in [2.24, 2.45) is 0 Å². The van der Waals surface area contributed by atoms with Crippen molar-refractivity contribution in [3.63, 3.8) is 0 Å². The Kier molecular flexibility index (Phi) is 8.48. The number of furan rings is 1. The molecule has 0 bridgehead atoms. The third-order valence-corrected chi connectivity index (χ3v) is 13.6. The van der Waals surface area contributed by atoms with Crippen LogP contribution in [0, 0.1) is 0 Å². The third-order valence-electron chi connectivity index (χ3n) is 13.6. The summed E-state index contributed by atoms with van der Waals surface area (Å²) in [6.45, 7) is 0. The minimum atomic E-state index is 0.787. The molecular weight excluding hydrogens is 831 g/mol. The predicted molar refractivity (Wildman–Crippen MR) is 279 cm³/mol. The first-order chi connectivity index (χ1) is 33.8. The van der Waals surface area contributed by atoms with Gasteiger partial charge in [0.2, 0.25) is 0 Å². The molecular formula is C62H39N5O. The van der Waals surface area contributed by atoms with Gasteiger partial charge in [0.15, 0.2) is 11.6 Å². The summed E-state index contributed by atoms with van der Waals surface area (Å²) in [6.07, 6.45) is 0. The second-order valence-electron chi connectivity index (χ2n) is 17.3. The molecule has 10 aromatic carbocycles. The van der Waals surface area contributed by atoms with Gasteiger partial charge in [-0.2, -0.15) is 0 Å². The fourth-order valence-corrected chi connectivity index (χ4v) is 10.7. The lowest BCUT2D eigenvalue weighted by Gasteiger charge is -2.17. The maximum atomic E-state index is 6.65. The summed E-state index contributed by atoms with van der Waals surface area (Å²) < 4.78 is 13.7. The molecule has 0 spiro atoms. The number of aromatic nitrogens is 5. The summed E-state index contributed by atoms with van der Waals surface area (Å²) in [5.74, 6) is 1.57. The van der Waals surface area contributed by atoms with E-state index in [1.54, 1.807) is 0 Å². The van der Waals surface area contributed by atoms with Gasteiger partial charge in [-0.3, -0.25) is 4.57 Å². The Morgan fingerprint density at radius 2 is 0.750 bits per heavy atom. The Bertz CT molecular complexity index is 4210. The van der Waals surface area contributed by atoms with E-state index in [9.17, 15) is 0 Å². The second kappa shape index (κ2) is 15.2. The number of fused-ring (bicyclic) bond motifs is 10. The van der Waals surface area contributed by atoms with Crippen LogP contribution in [-0.4, -0.2) is 23.9 Å². The molecule has 0 saturated carbocycles. The fraction of sp³-hybridized carbons (Fsp3) is 0. The third kappa shape index (κ3) is 5.71. The van der Waals surface area contributed by atoms with Crippen LogP contribution in [0.4, 0.5) is 0 Å². The lowest BCUT2D eigenvalue weighted by molar-refractivity contribution is 0.673. The summed E-state index contributed by atoms with van der Waals surface area (Å²) >= 11 is 0. The van der Waals surface area contributed by atoms with E-state index < -0.39 is 0 Å². The lowest BCUT2D eigenvalue weighted by Crippen LogP contribution is -2.02. The Labute approximate surface area is 390 Å². The van der Waals surface area contributed by atoms with Crippen LogP contribution in [0.25, 0.3) is 128 Å². The van der Waals surface area contributed by atoms with Crippen molar-refractivity contribution >= 4 is 65.6 Å². The van der Waals surface area contributed by atoms with Crippen molar-refractivity contribution in [1.82, 2.24) is 23.9 Å². The largest absolute Gasteiger partial charge is 0.455 e. The van der Waals surface area contributed by atoms with Gasteiger partial charge in [-0.1, -0.05) is 176 Å². The van der Waals surface area contributed by atoms with Crippen LogP contribution < -0.4 is 0 Å². The average Bonchev–Trinajstić information content (AvgIpc) is 4.19. The quantitative estimate of drug-likeness (QED) is 0.160. The summed E-state index contributed by atoms with van der Waals surface area (Å²) in [5, 5.41) is 16.5. The molecule has 0 radical (unpaired) electrons. The summed E-state index contributed by atoms with van der Waals surface area (Å²) in [5.41, 5.74) is 16.0. The number of rotatable bonds is 7. The van der Waals surface area contributed by atoms with E-state index in [0.29, 0.717) is 0 Å². The summed E-state index contributed by atoms with van der Waals surface area (Å²) in [4.78, 5) is 0. The molecule has 0 unspecified atom stereocenters. The lowest BCUT2D eigenvalue weighted by atomic mass is 9.96. The molecule has 0 saturated heterocycles. The van der Waals surface area contributed by atoms with Crippen molar-refractivity contribution in [3.8, 4) is 62.1 Å². The first kappa shape index (κ1) is 38.1. The minimum Gasteiger partial charge on any atom is -0.455 e. The van der Waals surface area contributed by atoms with Gasteiger partial charge in [0.1, 0.15) is 11.2 Å². The Morgan fingerprint density at radius 1 is 0.294 bits per heavy atom. The average molecular weight is 870 g/mol. The first-order valence-electron chi connectivity index (χ1n) is 23.0. The molecule has 68 heavy (non-hydrogen) atoms. The standard InChI is InChI=1S/C62H39N5O/c1-3-19-40(20-4-1)61-63-64-62(41-21-5-2-6-22-41)67(61)55-35-18-34-54-58(55)48-28-9-14-32-52(48)65(54)50-30-12-7-25-44(50)42-23-17-24-43(39-42)45-26-8-13-31-51(45)66-53-33-15-10-29-49(53)59-56(66)38-37-47-46-27-11-16-36-57(46)68-60(47)59/h1-39H. The van der Waals surface area contributed by atoms with Gasteiger partial charge < -0.3 is 13.6 Å². The molecule has 4 aromatic heterocycles. The van der Waals surface area contributed by atoms with E-state index in [2.05, 4.69) is 232 Å². The van der Waals surface area contributed by atoms with Gasteiger partial charge in [-0.15, -0.1) is 10.2 Å². The molecule has 0 aliphatic heterocycles. The first-order valence-corrected chi connectivity index (χ1v) is 23.0. The molecule has 4 heterocycles. The topological polar surface area (TPSA) is 53.7 Å². The van der Waals surface area contributed by atoms with Crippen LogP contribution in [0.3, 0.4) is 0 Å². The van der Waals surface area contributed by atoms with Crippen LogP contribution in [0.15, 0.2) is 241 Å². The zero-order valence-electron chi connectivity index (χ0n) is 36.7.